The normalized spacial score (nSPS) is 11.3. The molecule has 1 heterocycles. The quantitative estimate of drug-likeness (QED) is 0.129. The van der Waals surface area contributed by atoms with Gasteiger partial charge in [0.05, 0.1) is 18.6 Å². The first-order chi connectivity index (χ1) is 19.5. The first kappa shape index (κ1) is 26.9. The summed E-state index contributed by atoms with van der Waals surface area (Å²) in [5.74, 6) is 1.35. The average molecular weight is 548 g/mol. The third kappa shape index (κ3) is 6.30. The summed E-state index contributed by atoms with van der Waals surface area (Å²) >= 11 is 1.31. The Balaban J connectivity index is 1.28. The lowest BCUT2D eigenvalue weighted by Crippen LogP contribution is -2.21. The highest BCUT2D eigenvalue weighted by molar-refractivity contribution is 7.99. The van der Waals surface area contributed by atoms with E-state index in [1.807, 2.05) is 97.3 Å². The molecule has 0 unspecified atom stereocenters. The standard InChI is InChI=1S/C32H29N5O2S/c1-22-9-17-28(18-10-22)37-31(27-15-19-29(39-3)20-16-27)35-36-32(37)40-21-30(38)34-33-23(2)24-11-13-26(14-12-24)25-7-5-4-6-8-25/h4-20H,21H2,1-3H3,(H,34,38). The number of nitrogens with one attached hydrogen (secondary N) is 1. The summed E-state index contributed by atoms with van der Waals surface area (Å²) in [5.41, 5.74) is 9.58. The summed E-state index contributed by atoms with van der Waals surface area (Å²) in [5, 5.41) is 13.8. The largest absolute Gasteiger partial charge is 0.497 e. The Morgan fingerprint density at radius 1 is 0.850 bits per heavy atom. The van der Waals surface area contributed by atoms with Crippen LogP contribution in [-0.4, -0.2) is 39.2 Å². The van der Waals surface area contributed by atoms with Crippen LogP contribution in [0.15, 0.2) is 113 Å². The highest BCUT2D eigenvalue weighted by atomic mass is 32.2. The number of rotatable bonds is 9. The predicted molar refractivity (Wildman–Crippen MR) is 161 cm³/mol. The lowest BCUT2D eigenvalue weighted by atomic mass is 10.0. The van der Waals surface area contributed by atoms with Gasteiger partial charge in [-0.2, -0.15) is 5.10 Å². The monoisotopic (exact) mass is 547 g/mol. The predicted octanol–water partition coefficient (Wildman–Crippen LogP) is 6.55. The molecule has 4 aromatic carbocycles. The fourth-order valence-electron chi connectivity index (χ4n) is 4.12. The van der Waals surface area contributed by atoms with Crippen LogP contribution in [0.1, 0.15) is 18.1 Å². The Bertz CT molecular complexity index is 1610. The number of aryl methyl sites for hydroxylation is 1. The van der Waals surface area contributed by atoms with Crippen LogP contribution in [0.3, 0.4) is 0 Å². The van der Waals surface area contributed by atoms with Crippen LogP contribution in [0.4, 0.5) is 0 Å². The van der Waals surface area contributed by atoms with E-state index in [2.05, 4.69) is 45.0 Å². The number of ether oxygens (including phenoxy) is 1. The Morgan fingerprint density at radius 2 is 1.50 bits per heavy atom. The first-order valence-electron chi connectivity index (χ1n) is 12.8. The number of benzene rings is 4. The van der Waals surface area contributed by atoms with Crippen molar-refractivity contribution in [3.63, 3.8) is 0 Å². The van der Waals surface area contributed by atoms with Gasteiger partial charge in [-0.15, -0.1) is 10.2 Å². The molecule has 1 amide bonds. The molecule has 0 saturated heterocycles. The van der Waals surface area contributed by atoms with Gasteiger partial charge < -0.3 is 4.74 Å². The van der Waals surface area contributed by atoms with Crippen LogP contribution >= 0.6 is 11.8 Å². The number of carbonyl (C=O) groups excluding carboxylic acids is 1. The molecule has 40 heavy (non-hydrogen) atoms. The maximum atomic E-state index is 12.7. The molecule has 0 saturated carbocycles. The number of amides is 1. The summed E-state index contributed by atoms with van der Waals surface area (Å²) in [6.07, 6.45) is 0. The summed E-state index contributed by atoms with van der Waals surface area (Å²) in [6, 6.07) is 34.1. The summed E-state index contributed by atoms with van der Waals surface area (Å²) in [7, 11) is 1.64. The number of hydrogen-bond acceptors (Lipinski definition) is 6. The molecule has 0 bridgehead atoms. The van der Waals surface area contributed by atoms with Crippen molar-refractivity contribution in [2.75, 3.05) is 12.9 Å². The Morgan fingerprint density at radius 3 is 2.17 bits per heavy atom. The molecule has 0 aliphatic heterocycles. The van der Waals surface area contributed by atoms with Crippen LogP contribution in [0.25, 0.3) is 28.2 Å². The molecule has 0 spiro atoms. The second-order valence-electron chi connectivity index (χ2n) is 9.17. The number of hydrazone groups is 1. The first-order valence-corrected chi connectivity index (χ1v) is 13.8. The van der Waals surface area contributed by atoms with Crippen molar-refractivity contribution in [2.45, 2.75) is 19.0 Å². The van der Waals surface area contributed by atoms with Crippen molar-refractivity contribution in [2.24, 2.45) is 5.10 Å². The summed E-state index contributed by atoms with van der Waals surface area (Å²) in [4.78, 5) is 12.7. The topological polar surface area (TPSA) is 81.4 Å². The van der Waals surface area contributed by atoms with Gasteiger partial charge >= 0.3 is 0 Å². The molecule has 5 rings (SSSR count). The number of carbonyl (C=O) groups is 1. The highest BCUT2D eigenvalue weighted by Gasteiger charge is 2.17. The van der Waals surface area contributed by atoms with E-state index in [1.54, 1.807) is 7.11 Å². The molecular weight excluding hydrogens is 518 g/mol. The minimum Gasteiger partial charge on any atom is -0.497 e. The molecule has 0 atom stereocenters. The van der Waals surface area contributed by atoms with E-state index in [0.29, 0.717) is 11.0 Å². The third-order valence-electron chi connectivity index (χ3n) is 6.36. The lowest BCUT2D eigenvalue weighted by molar-refractivity contribution is -0.118. The molecule has 8 heteroatoms. The maximum Gasteiger partial charge on any atom is 0.250 e. The van der Waals surface area contributed by atoms with Gasteiger partial charge in [-0.1, -0.05) is 84.1 Å². The second kappa shape index (κ2) is 12.4. The average Bonchev–Trinajstić information content (AvgIpc) is 3.43. The number of methoxy groups -OCH3 is 1. The van der Waals surface area contributed by atoms with Crippen molar-refractivity contribution < 1.29 is 9.53 Å². The van der Waals surface area contributed by atoms with Gasteiger partial charge in [0.1, 0.15) is 5.75 Å². The maximum absolute atomic E-state index is 12.7. The molecule has 1 aromatic heterocycles. The molecule has 1 N–H and O–H groups in total. The van der Waals surface area contributed by atoms with Crippen molar-refractivity contribution in [3.8, 4) is 34.0 Å². The lowest BCUT2D eigenvalue weighted by Gasteiger charge is -2.11. The molecule has 0 aliphatic rings. The van der Waals surface area contributed by atoms with E-state index < -0.39 is 0 Å². The smallest absolute Gasteiger partial charge is 0.250 e. The third-order valence-corrected chi connectivity index (χ3v) is 7.29. The molecule has 0 fully saturated rings. The molecule has 0 radical (unpaired) electrons. The highest BCUT2D eigenvalue weighted by Crippen LogP contribution is 2.29. The Labute approximate surface area is 237 Å². The van der Waals surface area contributed by atoms with Crippen LogP contribution in [0.5, 0.6) is 5.75 Å². The van der Waals surface area contributed by atoms with Gasteiger partial charge in [0, 0.05) is 11.3 Å². The van der Waals surface area contributed by atoms with Crippen molar-refractivity contribution in [1.82, 2.24) is 20.2 Å². The van der Waals surface area contributed by atoms with E-state index in [9.17, 15) is 4.79 Å². The SMILES string of the molecule is COc1ccc(-c2nnc(SCC(=O)NN=C(C)c3ccc(-c4ccccc4)cc3)n2-c2ccc(C)cc2)cc1. The molecule has 5 aromatic rings. The van der Waals surface area contributed by atoms with Gasteiger partial charge in [0.2, 0.25) is 0 Å². The van der Waals surface area contributed by atoms with Gasteiger partial charge in [0.25, 0.3) is 5.91 Å². The molecule has 7 nitrogen and oxygen atoms in total. The fourth-order valence-corrected chi connectivity index (χ4v) is 4.87. The second-order valence-corrected chi connectivity index (χ2v) is 10.1. The van der Waals surface area contributed by atoms with E-state index in [0.717, 1.165) is 45.0 Å². The Hall–Kier alpha value is -4.69. The zero-order valence-electron chi connectivity index (χ0n) is 22.5. The number of thioether (sulfide) groups is 1. The molecule has 0 aliphatic carbocycles. The van der Waals surface area contributed by atoms with Crippen molar-refractivity contribution in [1.29, 1.82) is 0 Å². The van der Waals surface area contributed by atoms with E-state index >= 15 is 0 Å². The zero-order chi connectivity index (χ0) is 27.9. The Kier molecular flexibility index (Phi) is 8.37. The van der Waals surface area contributed by atoms with Crippen molar-refractivity contribution >= 4 is 23.4 Å². The minimum absolute atomic E-state index is 0.135. The summed E-state index contributed by atoms with van der Waals surface area (Å²) < 4.78 is 7.25. The number of aromatic nitrogens is 3. The van der Waals surface area contributed by atoms with Crippen molar-refractivity contribution in [3.05, 3.63) is 114 Å². The van der Waals surface area contributed by atoms with Crippen LogP contribution < -0.4 is 10.2 Å². The number of nitrogens with zero attached hydrogens (tertiary/aromatic N) is 4. The van der Waals surface area contributed by atoms with E-state index in [-0.39, 0.29) is 11.7 Å². The fraction of sp³-hybridized carbons (Fsp3) is 0.125. The van der Waals surface area contributed by atoms with Gasteiger partial charge in [-0.3, -0.25) is 9.36 Å². The molecular formula is C32H29N5O2S. The summed E-state index contributed by atoms with van der Waals surface area (Å²) in [6.45, 7) is 3.92. The number of hydrogen-bond donors (Lipinski definition) is 1. The van der Waals surface area contributed by atoms with E-state index in [4.69, 9.17) is 4.74 Å². The minimum atomic E-state index is -0.227. The van der Waals surface area contributed by atoms with Crippen LogP contribution in [0.2, 0.25) is 0 Å². The molecule has 200 valence electrons. The van der Waals surface area contributed by atoms with Gasteiger partial charge in [-0.05, 0) is 66.9 Å². The van der Waals surface area contributed by atoms with Gasteiger partial charge in [0.15, 0.2) is 11.0 Å². The van der Waals surface area contributed by atoms with E-state index in [1.165, 1.54) is 11.8 Å². The van der Waals surface area contributed by atoms with Crippen LogP contribution in [-0.2, 0) is 4.79 Å². The zero-order valence-corrected chi connectivity index (χ0v) is 23.4. The van der Waals surface area contributed by atoms with Crippen LogP contribution in [0, 0.1) is 6.92 Å². The van der Waals surface area contributed by atoms with Gasteiger partial charge in [-0.25, -0.2) is 5.43 Å².